The summed E-state index contributed by atoms with van der Waals surface area (Å²) < 4.78 is 0. The normalized spacial score (nSPS) is 10.4. The SMILES string of the molecule is CCN(CCC(=O)O)C(=O)c1c(C)nc(C)nc1SC. The number of carboxylic acid groups (broad SMARTS) is 1. The van der Waals surface area contributed by atoms with Crippen LogP contribution in [0.25, 0.3) is 0 Å². The molecule has 0 spiro atoms. The Bertz CT molecular complexity index is 520. The second-order valence-electron chi connectivity index (χ2n) is 4.27. The van der Waals surface area contributed by atoms with Gasteiger partial charge in [0.25, 0.3) is 5.91 Å². The van der Waals surface area contributed by atoms with E-state index in [2.05, 4.69) is 9.97 Å². The minimum absolute atomic E-state index is 0.0695. The van der Waals surface area contributed by atoms with Crippen LogP contribution in [0.1, 0.15) is 35.2 Å². The van der Waals surface area contributed by atoms with E-state index in [-0.39, 0.29) is 18.9 Å². The number of hydrogen-bond donors (Lipinski definition) is 1. The second-order valence-corrected chi connectivity index (χ2v) is 5.06. The van der Waals surface area contributed by atoms with Crippen LogP contribution in [0.5, 0.6) is 0 Å². The number of aromatic nitrogens is 2. The molecule has 0 aliphatic heterocycles. The standard InChI is InChI=1S/C13H19N3O3S/c1-5-16(7-6-10(17)18)13(19)11-8(2)14-9(3)15-12(11)20-4/h5-7H2,1-4H3,(H,17,18). The highest BCUT2D eigenvalue weighted by Crippen LogP contribution is 2.22. The van der Waals surface area contributed by atoms with E-state index in [1.807, 2.05) is 13.2 Å². The van der Waals surface area contributed by atoms with Gasteiger partial charge in [-0.15, -0.1) is 11.8 Å². The average Bonchev–Trinajstić information content (AvgIpc) is 2.37. The molecular weight excluding hydrogens is 278 g/mol. The van der Waals surface area contributed by atoms with Gasteiger partial charge in [-0.2, -0.15) is 0 Å². The quantitative estimate of drug-likeness (QED) is 0.636. The summed E-state index contributed by atoms with van der Waals surface area (Å²) in [4.78, 5) is 33.2. The van der Waals surface area contributed by atoms with Crippen LogP contribution in [0.4, 0.5) is 0 Å². The lowest BCUT2D eigenvalue weighted by Crippen LogP contribution is -2.34. The molecule has 20 heavy (non-hydrogen) atoms. The number of thioether (sulfide) groups is 1. The van der Waals surface area contributed by atoms with Crippen LogP contribution in [0.3, 0.4) is 0 Å². The summed E-state index contributed by atoms with van der Waals surface area (Å²) >= 11 is 1.39. The fourth-order valence-corrected chi connectivity index (χ4v) is 2.53. The Balaban J connectivity index is 3.08. The van der Waals surface area contributed by atoms with Gasteiger partial charge in [-0.25, -0.2) is 9.97 Å². The molecule has 110 valence electrons. The van der Waals surface area contributed by atoms with Crippen LogP contribution in [0.2, 0.25) is 0 Å². The van der Waals surface area contributed by atoms with Gasteiger partial charge in [-0.1, -0.05) is 0 Å². The third-order valence-electron chi connectivity index (χ3n) is 2.84. The van der Waals surface area contributed by atoms with Crippen LogP contribution in [0.15, 0.2) is 5.03 Å². The Kier molecular flexibility index (Phi) is 5.94. The number of carbonyl (C=O) groups excluding carboxylic acids is 1. The zero-order valence-corrected chi connectivity index (χ0v) is 13.0. The van der Waals surface area contributed by atoms with Crippen molar-refractivity contribution in [2.75, 3.05) is 19.3 Å². The molecule has 0 unspecified atom stereocenters. The van der Waals surface area contributed by atoms with Gasteiger partial charge in [0.2, 0.25) is 0 Å². The van der Waals surface area contributed by atoms with Crippen molar-refractivity contribution >= 4 is 23.6 Å². The number of amides is 1. The summed E-state index contributed by atoms with van der Waals surface area (Å²) in [6, 6.07) is 0. The Hall–Kier alpha value is -1.63. The maximum atomic E-state index is 12.5. The predicted octanol–water partition coefficient (Wildman–Crippen LogP) is 1.75. The van der Waals surface area contributed by atoms with Crippen LogP contribution in [0, 0.1) is 13.8 Å². The molecule has 0 aliphatic rings. The van der Waals surface area contributed by atoms with Crippen molar-refractivity contribution in [2.45, 2.75) is 32.2 Å². The van der Waals surface area contributed by atoms with Gasteiger partial charge in [0.05, 0.1) is 17.7 Å². The summed E-state index contributed by atoms with van der Waals surface area (Å²) in [6.45, 7) is 6.01. The second kappa shape index (κ2) is 7.23. The Labute approximate surface area is 122 Å². The van der Waals surface area contributed by atoms with Gasteiger partial charge in [0, 0.05) is 13.1 Å². The van der Waals surface area contributed by atoms with Gasteiger partial charge in [0.1, 0.15) is 10.9 Å². The molecule has 1 amide bonds. The molecule has 6 nitrogen and oxygen atoms in total. The largest absolute Gasteiger partial charge is 0.481 e. The van der Waals surface area contributed by atoms with Crippen LogP contribution in [-0.2, 0) is 4.79 Å². The van der Waals surface area contributed by atoms with Crippen molar-refractivity contribution in [1.29, 1.82) is 0 Å². The topological polar surface area (TPSA) is 83.4 Å². The Morgan fingerprint density at radius 2 is 1.95 bits per heavy atom. The van der Waals surface area contributed by atoms with Crippen LogP contribution < -0.4 is 0 Å². The summed E-state index contributed by atoms with van der Waals surface area (Å²) in [5.41, 5.74) is 1.09. The highest BCUT2D eigenvalue weighted by atomic mass is 32.2. The molecule has 1 N–H and O–H groups in total. The highest BCUT2D eigenvalue weighted by Gasteiger charge is 2.22. The summed E-state index contributed by atoms with van der Waals surface area (Å²) in [5, 5.41) is 9.37. The maximum Gasteiger partial charge on any atom is 0.305 e. The molecule has 0 fully saturated rings. The molecule has 1 heterocycles. The van der Waals surface area contributed by atoms with E-state index < -0.39 is 5.97 Å². The molecule has 0 aliphatic carbocycles. The predicted molar refractivity (Wildman–Crippen MR) is 77.1 cm³/mol. The van der Waals surface area contributed by atoms with Gasteiger partial charge < -0.3 is 10.0 Å². The fourth-order valence-electron chi connectivity index (χ4n) is 1.87. The van der Waals surface area contributed by atoms with Crippen LogP contribution in [-0.4, -0.2) is 51.2 Å². The van der Waals surface area contributed by atoms with E-state index in [1.165, 1.54) is 16.7 Å². The Morgan fingerprint density at radius 1 is 1.30 bits per heavy atom. The molecule has 7 heteroatoms. The minimum atomic E-state index is -0.918. The van der Waals surface area contributed by atoms with Gasteiger partial charge in [0.15, 0.2) is 0 Å². The molecule has 1 aromatic rings. The van der Waals surface area contributed by atoms with Gasteiger partial charge in [-0.3, -0.25) is 9.59 Å². The monoisotopic (exact) mass is 297 g/mol. The van der Waals surface area contributed by atoms with E-state index in [1.54, 1.807) is 13.8 Å². The molecule has 1 aromatic heterocycles. The lowest BCUT2D eigenvalue weighted by molar-refractivity contribution is -0.137. The molecular formula is C13H19N3O3S. The van der Waals surface area contributed by atoms with E-state index in [0.29, 0.717) is 28.7 Å². The van der Waals surface area contributed by atoms with Crippen molar-refractivity contribution in [1.82, 2.24) is 14.9 Å². The molecule has 0 atom stereocenters. The van der Waals surface area contributed by atoms with Gasteiger partial charge in [-0.05, 0) is 27.0 Å². The summed E-state index contributed by atoms with van der Waals surface area (Å²) in [7, 11) is 0. The Morgan fingerprint density at radius 3 is 2.45 bits per heavy atom. The number of aryl methyl sites for hydroxylation is 2. The molecule has 0 bridgehead atoms. The number of rotatable bonds is 6. The van der Waals surface area contributed by atoms with Crippen molar-refractivity contribution in [3.63, 3.8) is 0 Å². The van der Waals surface area contributed by atoms with E-state index >= 15 is 0 Å². The average molecular weight is 297 g/mol. The van der Waals surface area contributed by atoms with Crippen molar-refractivity contribution in [3.8, 4) is 0 Å². The first-order chi connectivity index (χ1) is 9.40. The van der Waals surface area contributed by atoms with E-state index in [0.717, 1.165) is 0 Å². The number of carboxylic acids is 1. The highest BCUT2D eigenvalue weighted by molar-refractivity contribution is 7.98. The molecule has 0 saturated carbocycles. The molecule has 0 saturated heterocycles. The lowest BCUT2D eigenvalue weighted by atomic mass is 10.2. The maximum absolute atomic E-state index is 12.5. The molecule has 0 radical (unpaired) electrons. The molecule has 0 aromatic carbocycles. The number of aliphatic carboxylic acids is 1. The number of hydrogen-bond acceptors (Lipinski definition) is 5. The zero-order chi connectivity index (χ0) is 15.3. The summed E-state index contributed by atoms with van der Waals surface area (Å²) in [6.07, 6.45) is 1.78. The van der Waals surface area contributed by atoms with Crippen molar-refractivity contribution < 1.29 is 14.7 Å². The smallest absolute Gasteiger partial charge is 0.305 e. The minimum Gasteiger partial charge on any atom is -0.481 e. The first kappa shape index (κ1) is 16.4. The number of carbonyl (C=O) groups is 2. The summed E-state index contributed by atoms with van der Waals surface area (Å²) in [5.74, 6) is -0.509. The fraction of sp³-hybridized carbons (Fsp3) is 0.538. The van der Waals surface area contributed by atoms with Crippen LogP contribution >= 0.6 is 11.8 Å². The van der Waals surface area contributed by atoms with Gasteiger partial charge >= 0.3 is 5.97 Å². The van der Waals surface area contributed by atoms with E-state index in [9.17, 15) is 9.59 Å². The number of nitrogens with zero attached hydrogens (tertiary/aromatic N) is 3. The third kappa shape index (κ3) is 3.93. The molecule has 1 rings (SSSR count). The van der Waals surface area contributed by atoms with Crippen molar-refractivity contribution in [2.24, 2.45) is 0 Å². The first-order valence-electron chi connectivity index (χ1n) is 6.31. The van der Waals surface area contributed by atoms with E-state index in [4.69, 9.17) is 5.11 Å². The van der Waals surface area contributed by atoms with Crippen molar-refractivity contribution in [3.05, 3.63) is 17.1 Å². The zero-order valence-electron chi connectivity index (χ0n) is 12.1. The first-order valence-corrected chi connectivity index (χ1v) is 7.53. The third-order valence-corrected chi connectivity index (χ3v) is 3.52. The lowest BCUT2D eigenvalue weighted by Gasteiger charge is -2.21.